The van der Waals surface area contributed by atoms with Crippen molar-refractivity contribution in [3.8, 4) is 6.07 Å². The van der Waals surface area contributed by atoms with Crippen LogP contribution in [0.2, 0.25) is 0 Å². The Labute approximate surface area is 104 Å². The molecule has 17 heavy (non-hydrogen) atoms. The van der Waals surface area contributed by atoms with Crippen LogP contribution in [0.3, 0.4) is 0 Å². The Bertz CT molecular complexity index is 359. The molecule has 0 fully saturated rings. The number of hydrogen-bond acceptors (Lipinski definition) is 3. The lowest BCUT2D eigenvalue weighted by Gasteiger charge is -2.29. The van der Waals surface area contributed by atoms with E-state index in [0.717, 1.165) is 25.3 Å². The fourth-order valence-corrected chi connectivity index (χ4v) is 1.81. The summed E-state index contributed by atoms with van der Waals surface area (Å²) in [4.78, 5) is 6.63. The molecule has 3 nitrogen and oxygen atoms in total. The van der Waals surface area contributed by atoms with Gasteiger partial charge in [0.15, 0.2) is 0 Å². The summed E-state index contributed by atoms with van der Waals surface area (Å²) < 4.78 is 0. The van der Waals surface area contributed by atoms with Crippen molar-refractivity contribution in [3.05, 3.63) is 30.1 Å². The SMILES string of the molecule is CC(C)(C)CN(CCC#N)Cc1ccccn1. The van der Waals surface area contributed by atoms with E-state index in [4.69, 9.17) is 5.26 Å². The van der Waals surface area contributed by atoms with Gasteiger partial charge in [0.1, 0.15) is 0 Å². The van der Waals surface area contributed by atoms with Gasteiger partial charge in [0.05, 0.1) is 11.8 Å². The van der Waals surface area contributed by atoms with Crippen molar-refractivity contribution in [1.29, 1.82) is 5.26 Å². The lowest BCUT2D eigenvalue weighted by Crippen LogP contribution is -2.33. The lowest BCUT2D eigenvalue weighted by atomic mass is 9.96. The Morgan fingerprint density at radius 1 is 1.35 bits per heavy atom. The third-order valence-electron chi connectivity index (χ3n) is 2.35. The predicted octanol–water partition coefficient (Wildman–Crippen LogP) is 2.84. The van der Waals surface area contributed by atoms with Gasteiger partial charge in [-0.25, -0.2) is 0 Å². The monoisotopic (exact) mass is 231 g/mol. The van der Waals surface area contributed by atoms with Gasteiger partial charge < -0.3 is 0 Å². The standard InChI is InChI=1S/C14H21N3/c1-14(2,3)12-17(10-6-8-15)11-13-7-4-5-9-16-13/h4-5,7,9H,6,10-12H2,1-3H3. The number of aromatic nitrogens is 1. The van der Waals surface area contributed by atoms with Gasteiger partial charge in [-0.3, -0.25) is 9.88 Å². The first-order valence-corrected chi connectivity index (χ1v) is 6.00. The average molecular weight is 231 g/mol. The molecule has 0 N–H and O–H groups in total. The average Bonchev–Trinajstić information content (AvgIpc) is 2.25. The molecule has 0 spiro atoms. The van der Waals surface area contributed by atoms with Crippen molar-refractivity contribution in [1.82, 2.24) is 9.88 Å². The fraction of sp³-hybridized carbons (Fsp3) is 0.571. The molecule has 0 aromatic carbocycles. The Hall–Kier alpha value is -1.40. The van der Waals surface area contributed by atoms with Gasteiger partial charge in [-0.2, -0.15) is 5.26 Å². The molecule has 3 heteroatoms. The van der Waals surface area contributed by atoms with Gasteiger partial charge in [-0.15, -0.1) is 0 Å². The van der Waals surface area contributed by atoms with Crippen molar-refractivity contribution in [2.75, 3.05) is 13.1 Å². The molecule has 1 rings (SSSR count). The summed E-state index contributed by atoms with van der Waals surface area (Å²) in [6, 6.07) is 8.16. The number of pyridine rings is 1. The normalized spacial score (nSPS) is 11.5. The van der Waals surface area contributed by atoms with E-state index >= 15 is 0 Å². The zero-order valence-corrected chi connectivity index (χ0v) is 11.0. The molecule has 0 atom stereocenters. The van der Waals surface area contributed by atoms with Crippen LogP contribution in [0.1, 0.15) is 32.9 Å². The van der Waals surface area contributed by atoms with Crippen LogP contribution in [0.15, 0.2) is 24.4 Å². The molecule has 0 aliphatic rings. The van der Waals surface area contributed by atoms with Gasteiger partial charge in [-0.1, -0.05) is 26.8 Å². The molecule has 0 unspecified atom stereocenters. The number of nitriles is 1. The van der Waals surface area contributed by atoms with E-state index in [1.807, 2.05) is 24.4 Å². The van der Waals surface area contributed by atoms with Gasteiger partial charge in [-0.05, 0) is 17.5 Å². The van der Waals surface area contributed by atoms with Crippen LogP contribution in [-0.2, 0) is 6.54 Å². The minimum Gasteiger partial charge on any atom is -0.296 e. The van der Waals surface area contributed by atoms with Crippen LogP contribution in [0.25, 0.3) is 0 Å². The molecule has 0 bridgehead atoms. The Morgan fingerprint density at radius 2 is 2.12 bits per heavy atom. The van der Waals surface area contributed by atoms with Crippen LogP contribution < -0.4 is 0 Å². The van der Waals surface area contributed by atoms with E-state index in [-0.39, 0.29) is 5.41 Å². The first kappa shape index (κ1) is 13.7. The highest BCUT2D eigenvalue weighted by Gasteiger charge is 2.16. The van der Waals surface area contributed by atoms with E-state index in [0.29, 0.717) is 6.42 Å². The van der Waals surface area contributed by atoms with Crippen molar-refractivity contribution in [2.24, 2.45) is 5.41 Å². The van der Waals surface area contributed by atoms with Crippen LogP contribution in [0, 0.1) is 16.7 Å². The minimum atomic E-state index is 0.240. The smallest absolute Gasteiger partial charge is 0.0635 e. The highest BCUT2D eigenvalue weighted by atomic mass is 15.1. The second-order valence-electron chi connectivity index (χ2n) is 5.50. The Morgan fingerprint density at radius 3 is 2.65 bits per heavy atom. The second-order valence-corrected chi connectivity index (χ2v) is 5.50. The summed E-state index contributed by atoms with van der Waals surface area (Å²) in [5.74, 6) is 0. The van der Waals surface area contributed by atoms with Crippen LogP contribution in [0.5, 0.6) is 0 Å². The summed E-state index contributed by atoms with van der Waals surface area (Å²) in [6.45, 7) is 9.25. The molecule has 0 aliphatic heterocycles. The predicted molar refractivity (Wildman–Crippen MR) is 69.2 cm³/mol. The highest BCUT2D eigenvalue weighted by molar-refractivity contribution is 5.03. The summed E-state index contributed by atoms with van der Waals surface area (Å²) in [6.07, 6.45) is 2.39. The number of rotatable bonds is 5. The van der Waals surface area contributed by atoms with Crippen molar-refractivity contribution in [2.45, 2.75) is 33.7 Å². The minimum absolute atomic E-state index is 0.240. The zero-order valence-electron chi connectivity index (χ0n) is 11.0. The maximum Gasteiger partial charge on any atom is 0.0635 e. The van der Waals surface area contributed by atoms with E-state index in [1.54, 1.807) is 0 Å². The van der Waals surface area contributed by atoms with Crippen LogP contribution >= 0.6 is 0 Å². The van der Waals surface area contributed by atoms with Crippen LogP contribution in [-0.4, -0.2) is 23.0 Å². The van der Waals surface area contributed by atoms with Gasteiger partial charge in [0.2, 0.25) is 0 Å². The van der Waals surface area contributed by atoms with Gasteiger partial charge in [0, 0.05) is 32.3 Å². The van der Waals surface area contributed by atoms with E-state index in [9.17, 15) is 0 Å². The summed E-state index contributed by atoms with van der Waals surface area (Å²) >= 11 is 0. The van der Waals surface area contributed by atoms with Gasteiger partial charge in [0.25, 0.3) is 0 Å². The molecule has 0 radical (unpaired) electrons. The zero-order chi connectivity index (χ0) is 12.7. The molecule has 1 heterocycles. The summed E-state index contributed by atoms with van der Waals surface area (Å²) in [5, 5.41) is 8.69. The fourth-order valence-electron chi connectivity index (χ4n) is 1.81. The third-order valence-corrected chi connectivity index (χ3v) is 2.35. The molecular formula is C14H21N3. The third kappa shape index (κ3) is 6.03. The van der Waals surface area contributed by atoms with E-state index < -0.39 is 0 Å². The quantitative estimate of drug-likeness (QED) is 0.782. The van der Waals surface area contributed by atoms with Crippen molar-refractivity contribution < 1.29 is 0 Å². The van der Waals surface area contributed by atoms with Crippen molar-refractivity contribution >= 4 is 0 Å². The highest BCUT2D eigenvalue weighted by Crippen LogP contribution is 2.16. The molecule has 0 amide bonds. The van der Waals surface area contributed by atoms with E-state index in [1.165, 1.54) is 0 Å². The lowest BCUT2D eigenvalue weighted by molar-refractivity contribution is 0.185. The largest absolute Gasteiger partial charge is 0.296 e. The maximum absolute atomic E-state index is 8.69. The molecular weight excluding hydrogens is 210 g/mol. The number of nitrogens with zero attached hydrogens (tertiary/aromatic N) is 3. The second kappa shape index (κ2) is 6.36. The Kier molecular flexibility index (Phi) is 5.11. The Balaban J connectivity index is 2.61. The molecule has 1 aromatic heterocycles. The van der Waals surface area contributed by atoms with Crippen molar-refractivity contribution in [3.63, 3.8) is 0 Å². The van der Waals surface area contributed by atoms with E-state index in [2.05, 4.69) is 36.7 Å². The molecule has 92 valence electrons. The maximum atomic E-state index is 8.69. The van der Waals surface area contributed by atoms with Gasteiger partial charge >= 0.3 is 0 Å². The summed E-state index contributed by atoms with van der Waals surface area (Å²) in [5.41, 5.74) is 1.30. The molecule has 1 aromatic rings. The molecule has 0 saturated carbocycles. The van der Waals surface area contributed by atoms with Crippen LogP contribution in [0.4, 0.5) is 0 Å². The number of hydrogen-bond donors (Lipinski definition) is 0. The molecule has 0 saturated heterocycles. The first-order valence-electron chi connectivity index (χ1n) is 6.00. The first-order chi connectivity index (χ1) is 8.01. The summed E-state index contributed by atoms with van der Waals surface area (Å²) in [7, 11) is 0. The topological polar surface area (TPSA) is 39.9 Å². The molecule has 0 aliphatic carbocycles.